The number of benzene rings is 2. The van der Waals surface area contributed by atoms with E-state index in [2.05, 4.69) is 0 Å². The monoisotopic (exact) mass is 431 g/mol. The molecule has 6 heteroatoms. The van der Waals surface area contributed by atoms with Crippen LogP contribution in [0.1, 0.15) is 41.0 Å². The van der Waals surface area contributed by atoms with Crippen molar-refractivity contribution in [3.63, 3.8) is 0 Å². The summed E-state index contributed by atoms with van der Waals surface area (Å²) in [6.07, 6.45) is 1.49. The highest BCUT2D eigenvalue weighted by molar-refractivity contribution is 6.46. The number of ketones is 1. The maximum Gasteiger partial charge on any atom is 0.296 e. The molecular formula is C26H25NO5. The number of aryl methyl sites for hydroxylation is 2. The quantitative estimate of drug-likeness (QED) is 0.341. The predicted molar refractivity (Wildman–Crippen MR) is 120 cm³/mol. The molecule has 0 bridgehead atoms. The van der Waals surface area contributed by atoms with Crippen LogP contribution in [-0.2, 0) is 16.1 Å². The first kappa shape index (κ1) is 21.4. The van der Waals surface area contributed by atoms with Crippen molar-refractivity contribution >= 4 is 17.4 Å². The zero-order valence-electron chi connectivity index (χ0n) is 18.3. The third-order valence-electron chi connectivity index (χ3n) is 5.56. The molecular weight excluding hydrogens is 406 g/mol. The lowest BCUT2D eigenvalue weighted by molar-refractivity contribution is -0.140. The maximum atomic E-state index is 13.1. The second-order valence-corrected chi connectivity index (χ2v) is 7.84. The highest BCUT2D eigenvalue weighted by atomic mass is 16.5. The van der Waals surface area contributed by atoms with Gasteiger partial charge in [0.05, 0.1) is 18.4 Å². The molecule has 1 amide bonds. The van der Waals surface area contributed by atoms with Crippen molar-refractivity contribution in [2.24, 2.45) is 0 Å². The minimum Gasteiger partial charge on any atom is -0.507 e. The molecule has 1 aromatic heterocycles. The first-order valence-electron chi connectivity index (χ1n) is 10.5. The van der Waals surface area contributed by atoms with E-state index in [0.717, 1.165) is 16.7 Å². The van der Waals surface area contributed by atoms with E-state index < -0.39 is 17.7 Å². The molecule has 6 nitrogen and oxygen atoms in total. The molecule has 1 aliphatic rings. The zero-order chi connectivity index (χ0) is 22.8. The van der Waals surface area contributed by atoms with E-state index in [1.807, 2.05) is 63.2 Å². The van der Waals surface area contributed by atoms with E-state index in [4.69, 9.17) is 9.15 Å². The highest BCUT2D eigenvalue weighted by Crippen LogP contribution is 2.41. The summed E-state index contributed by atoms with van der Waals surface area (Å²) in [7, 11) is 0. The van der Waals surface area contributed by atoms with Crippen LogP contribution in [0.25, 0.3) is 5.76 Å². The van der Waals surface area contributed by atoms with Gasteiger partial charge in [0.1, 0.15) is 23.3 Å². The maximum absolute atomic E-state index is 13.1. The van der Waals surface area contributed by atoms with Crippen LogP contribution in [-0.4, -0.2) is 28.3 Å². The fraction of sp³-hybridized carbons (Fsp3) is 0.231. The first-order chi connectivity index (χ1) is 15.4. The van der Waals surface area contributed by atoms with Crippen LogP contribution < -0.4 is 4.74 Å². The van der Waals surface area contributed by atoms with E-state index in [1.54, 1.807) is 12.1 Å². The van der Waals surface area contributed by atoms with Gasteiger partial charge in [-0.15, -0.1) is 0 Å². The number of rotatable bonds is 6. The van der Waals surface area contributed by atoms with Crippen molar-refractivity contribution in [2.45, 2.75) is 33.4 Å². The van der Waals surface area contributed by atoms with Gasteiger partial charge in [-0.1, -0.05) is 29.8 Å². The molecule has 1 aliphatic heterocycles. The third kappa shape index (κ3) is 3.91. The Kier molecular flexibility index (Phi) is 5.86. The molecule has 0 aliphatic carbocycles. The number of nitrogens with zero attached hydrogens (tertiary/aromatic N) is 1. The minimum absolute atomic E-state index is 0.0274. The number of carbonyl (C=O) groups is 2. The Morgan fingerprint density at radius 2 is 1.91 bits per heavy atom. The van der Waals surface area contributed by atoms with Gasteiger partial charge in [-0.05, 0) is 62.2 Å². The molecule has 0 saturated carbocycles. The minimum atomic E-state index is -0.833. The van der Waals surface area contributed by atoms with Crippen LogP contribution in [0.4, 0.5) is 0 Å². The lowest BCUT2D eigenvalue weighted by atomic mass is 9.96. The average molecular weight is 431 g/mol. The van der Waals surface area contributed by atoms with Crippen LogP contribution in [0, 0.1) is 13.8 Å². The van der Waals surface area contributed by atoms with Gasteiger partial charge >= 0.3 is 0 Å². The molecule has 4 rings (SSSR count). The second kappa shape index (κ2) is 8.75. The number of furan rings is 1. The predicted octanol–water partition coefficient (Wildman–Crippen LogP) is 4.92. The Hall–Kier alpha value is -3.80. The van der Waals surface area contributed by atoms with Crippen LogP contribution >= 0.6 is 0 Å². The van der Waals surface area contributed by atoms with Gasteiger partial charge in [0, 0.05) is 12.1 Å². The molecule has 1 N–H and O–H groups in total. The summed E-state index contributed by atoms with van der Waals surface area (Å²) < 4.78 is 11.2. The molecule has 1 fully saturated rings. The van der Waals surface area contributed by atoms with Gasteiger partial charge in [-0.25, -0.2) is 0 Å². The van der Waals surface area contributed by atoms with Crippen LogP contribution in [0.15, 0.2) is 70.9 Å². The summed E-state index contributed by atoms with van der Waals surface area (Å²) in [5.74, 6) is -0.508. The van der Waals surface area contributed by atoms with Gasteiger partial charge < -0.3 is 19.2 Å². The summed E-state index contributed by atoms with van der Waals surface area (Å²) in [6.45, 7) is 6.35. The van der Waals surface area contributed by atoms with Gasteiger partial charge in [0.15, 0.2) is 0 Å². The Labute approximate surface area is 186 Å². The van der Waals surface area contributed by atoms with Crippen LogP contribution in [0.5, 0.6) is 5.75 Å². The van der Waals surface area contributed by atoms with Crippen molar-refractivity contribution in [3.05, 3.63) is 94.4 Å². The molecule has 1 saturated heterocycles. The summed E-state index contributed by atoms with van der Waals surface area (Å²) in [5, 5.41) is 11.2. The molecule has 32 heavy (non-hydrogen) atoms. The normalized spacial score (nSPS) is 17.7. The fourth-order valence-corrected chi connectivity index (χ4v) is 4.02. The molecule has 2 heterocycles. The Bertz CT molecular complexity index is 1190. The molecule has 2 aromatic carbocycles. The number of likely N-dealkylation sites (tertiary alicyclic amines) is 1. The van der Waals surface area contributed by atoms with E-state index >= 15 is 0 Å². The summed E-state index contributed by atoms with van der Waals surface area (Å²) in [4.78, 5) is 27.6. The van der Waals surface area contributed by atoms with E-state index in [1.165, 1.54) is 11.2 Å². The summed E-state index contributed by atoms with van der Waals surface area (Å²) >= 11 is 0. The van der Waals surface area contributed by atoms with E-state index in [-0.39, 0.29) is 17.9 Å². The van der Waals surface area contributed by atoms with Gasteiger partial charge in [-0.3, -0.25) is 9.59 Å². The van der Waals surface area contributed by atoms with E-state index in [9.17, 15) is 14.7 Å². The number of Topliss-reactive ketones (excluding diaryl/α,β-unsaturated/α-hetero) is 1. The van der Waals surface area contributed by atoms with Crippen molar-refractivity contribution in [1.29, 1.82) is 0 Å². The number of carbonyl (C=O) groups excluding carboxylic acids is 2. The smallest absolute Gasteiger partial charge is 0.296 e. The van der Waals surface area contributed by atoms with E-state index in [0.29, 0.717) is 23.7 Å². The lowest BCUT2D eigenvalue weighted by Crippen LogP contribution is -2.29. The average Bonchev–Trinajstić information content (AvgIpc) is 3.38. The Morgan fingerprint density at radius 1 is 1.09 bits per heavy atom. The standard InChI is InChI=1S/C26H25NO5/c1-4-31-19-8-5-7-18(14-19)15-27-23(21-9-6-12-32-21)22(25(29)26(27)30)24(28)20-13-16(2)10-11-17(20)3/h5-14,23,28H,4,15H2,1-3H3/b24-22-. The number of ether oxygens (including phenoxy) is 1. The fourth-order valence-electron chi connectivity index (χ4n) is 4.02. The number of aliphatic hydroxyl groups excluding tert-OH is 1. The van der Waals surface area contributed by atoms with Crippen molar-refractivity contribution < 1.29 is 23.8 Å². The molecule has 1 unspecified atom stereocenters. The third-order valence-corrected chi connectivity index (χ3v) is 5.56. The Morgan fingerprint density at radius 3 is 2.62 bits per heavy atom. The number of hydrogen-bond donors (Lipinski definition) is 1. The SMILES string of the molecule is CCOc1cccc(CN2C(=O)C(=O)/C(=C(\O)c3cc(C)ccc3C)C2c2ccco2)c1. The van der Waals surface area contributed by atoms with Crippen molar-refractivity contribution in [1.82, 2.24) is 4.90 Å². The number of amides is 1. The Balaban J connectivity index is 1.82. The van der Waals surface area contributed by atoms with Gasteiger partial charge in [0.2, 0.25) is 0 Å². The second-order valence-electron chi connectivity index (χ2n) is 7.84. The van der Waals surface area contributed by atoms with Gasteiger partial charge in [-0.2, -0.15) is 0 Å². The van der Waals surface area contributed by atoms with Crippen molar-refractivity contribution in [2.75, 3.05) is 6.61 Å². The first-order valence-corrected chi connectivity index (χ1v) is 10.5. The largest absolute Gasteiger partial charge is 0.507 e. The van der Waals surface area contributed by atoms with Crippen molar-refractivity contribution in [3.8, 4) is 5.75 Å². The lowest BCUT2D eigenvalue weighted by Gasteiger charge is -2.23. The summed E-state index contributed by atoms with van der Waals surface area (Å²) in [6, 6.07) is 15.6. The topological polar surface area (TPSA) is 80.0 Å². The highest BCUT2D eigenvalue weighted by Gasteiger charge is 2.47. The number of hydrogen-bond acceptors (Lipinski definition) is 5. The molecule has 0 radical (unpaired) electrons. The molecule has 3 aromatic rings. The molecule has 164 valence electrons. The van der Waals surface area contributed by atoms with Gasteiger partial charge in [0.25, 0.3) is 11.7 Å². The summed E-state index contributed by atoms with van der Waals surface area (Å²) in [5.41, 5.74) is 3.11. The molecule has 0 spiro atoms. The zero-order valence-corrected chi connectivity index (χ0v) is 18.3. The molecule has 1 atom stereocenters. The van der Waals surface area contributed by atoms with Crippen LogP contribution in [0.2, 0.25) is 0 Å². The van der Waals surface area contributed by atoms with Crippen LogP contribution in [0.3, 0.4) is 0 Å². The number of aliphatic hydroxyl groups is 1.